The average Bonchev–Trinajstić information content (AvgIpc) is 2.30. The van der Waals surface area contributed by atoms with Crippen LogP contribution in [0.15, 0.2) is 0 Å². The molecule has 0 radical (unpaired) electrons. The van der Waals surface area contributed by atoms with E-state index in [1.807, 2.05) is 0 Å². The number of ether oxygens (including phenoxy) is 1. The monoisotopic (exact) mass is 247 g/mol. The molecule has 17 heavy (non-hydrogen) atoms. The molecule has 0 aromatic carbocycles. The number of aliphatic hydroxyl groups is 1. The molecule has 1 aliphatic rings. The van der Waals surface area contributed by atoms with E-state index in [2.05, 4.69) is 15.5 Å². The van der Waals surface area contributed by atoms with Crippen molar-refractivity contribution in [3.63, 3.8) is 0 Å². The minimum atomic E-state index is -1.06. The quantitative estimate of drug-likeness (QED) is 0.426. The van der Waals surface area contributed by atoms with Crippen molar-refractivity contribution in [3.05, 3.63) is 0 Å². The van der Waals surface area contributed by atoms with Crippen LogP contribution >= 0.6 is 0 Å². The van der Waals surface area contributed by atoms with E-state index in [-0.39, 0.29) is 6.54 Å². The van der Waals surface area contributed by atoms with Crippen molar-refractivity contribution in [1.82, 2.24) is 15.5 Å². The third-order valence-electron chi connectivity index (χ3n) is 2.61. The molecular formula is C10H21N3O4. The molecule has 0 saturated carbocycles. The zero-order valence-electron chi connectivity index (χ0n) is 9.89. The fraction of sp³-hybridized carbons (Fsp3) is 0.900. The summed E-state index contributed by atoms with van der Waals surface area (Å²) < 4.78 is 5.23. The standard InChI is InChI=1S/C10H21N3O4/c14-9(1-2-12-10(15)16)11-3-4-13-5-7-17-8-6-13/h9,11-12,14H,1-8H2,(H,15,16). The average molecular weight is 247 g/mol. The molecule has 1 aliphatic heterocycles. The highest BCUT2D eigenvalue weighted by Gasteiger charge is 2.10. The number of carbonyl (C=O) groups is 1. The Balaban J connectivity index is 1.95. The van der Waals surface area contributed by atoms with Gasteiger partial charge in [-0.15, -0.1) is 0 Å². The first-order chi connectivity index (χ1) is 8.18. The van der Waals surface area contributed by atoms with Crippen molar-refractivity contribution in [2.75, 3.05) is 45.9 Å². The van der Waals surface area contributed by atoms with E-state index < -0.39 is 12.3 Å². The number of nitrogens with one attached hydrogen (secondary N) is 2. The highest BCUT2D eigenvalue weighted by Crippen LogP contribution is 1.95. The number of nitrogens with zero attached hydrogens (tertiary/aromatic N) is 1. The summed E-state index contributed by atoms with van der Waals surface area (Å²) in [4.78, 5) is 12.4. The number of carboxylic acid groups (broad SMARTS) is 1. The van der Waals surface area contributed by atoms with Gasteiger partial charge in [0.15, 0.2) is 0 Å². The summed E-state index contributed by atoms with van der Waals surface area (Å²) >= 11 is 0. The van der Waals surface area contributed by atoms with Gasteiger partial charge in [-0.05, 0) is 0 Å². The molecule has 0 aromatic rings. The van der Waals surface area contributed by atoms with Crippen molar-refractivity contribution >= 4 is 6.09 Å². The van der Waals surface area contributed by atoms with Crippen LogP contribution in [0.3, 0.4) is 0 Å². The Morgan fingerprint density at radius 3 is 2.71 bits per heavy atom. The van der Waals surface area contributed by atoms with Crippen LogP contribution in [0.5, 0.6) is 0 Å². The molecule has 1 heterocycles. The summed E-state index contributed by atoms with van der Waals surface area (Å²) in [5.41, 5.74) is 0. The Kier molecular flexibility index (Phi) is 6.87. The van der Waals surface area contributed by atoms with E-state index in [1.165, 1.54) is 0 Å². The van der Waals surface area contributed by atoms with Gasteiger partial charge in [-0.1, -0.05) is 0 Å². The van der Waals surface area contributed by atoms with Gasteiger partial charge in [0.05, 0.1) is 13.2 Å². The highest BCUT2D eigenvalue weighted by molar-refractivity contribution is 5.64. The lowest BCUT2D eigenvalue weighted by Gasteiger charge is -2.27. The van der Waals surface area contributed by atoms with Crippen LogP contribution in [0.2, 0.25) is 0 Å². The predicted octanol–water partition coefficient (Wildman–Crippen LogP) is -1.12. The Labute approximate surface area is 101 Å². The van der Waals surface area contributed by atoms with E-state index in [0.29, 0.717) is 13.0 Å². The number of morpholine rings is 1. The molecule has 0 aliphatic carbocycles. The summed E-state index contributed by atoms with van der Waals surface area (Å²) in [5, 5.41) is 23.0. The van der Waals surface area contributed by atoms with Crippen molar-refractivity contribution in [2.24, 2.45) is 0 Å². The van der Waals surface area contributed by atoms with E-state index in [9.17, 15) is 9.90 Å². The van der Waals surface area contributed by atoms with Gasteiger partial charge >= 0.3 is 6.09 Å². The van der Waals surface area contributed by atoms with Crippen LogP contribution < -0.4 is 10.6 Å². The first-order valence-electron chi connectivity index (χ1n) is 5.87. The summed E-state index contributed by atoms with van der Waals surface area (Å²) in [6.07, 6.45) is -1.36. The van der Waals surface area contributed by atoms with Gasteiger partial charge in [-0.25, -0.2) is 4.79 Å². The van der Waals surface area contributed by atoms with Gasteiger partial charge in [0, 0.05) is 39.1 Å². The maximum Gasteiger partial charge on any atom is 0.404 e. The maximum atomic E-state index is 10.2. The lowest BCUT2D eigenvalue weighted by atomic mass is 10.3. The van der Waals surface area contributed by atoms with Crippen LogP contribution in [-0.4, -0.2) is 73.4 Å². The third-order valence-corrected chi connectivity index (χ3v) is 2.61. The second-order valence-corrected chi connectivity index (χ2v) is 3.94. The molecule has 0 bridgehead atoms. The zero-order valence-corrected chi connectivity index (χ0v) is 9.89. The smallest absolute Gasteiger partial charge is 0.404 e. The predicted molar refractivity (Wildman–Crippen MR) is 61.9 cm³/mol. The number of amides is 1. The molecule has 1 fully saturated rings. The number of rotatable bonds is 7. The maximum absolute atomic E-state index is 10.2. The van der Waals surface area contributed by atoms with Gasteiger partial charge in [-0.2, -0.15) is 0 Å². The number of hydrogen-bond donors (Lipinski definition) is 4. The highest BCUT2D eigenvalue weighted by atomic mass is 16.5. The topological polar surface area (TPSA) is 94.1 Å². The summed E-state index contributed by atoms with van der Waals surface area (Å²) in [6, 6.07) is 0. The molecule has 0 spiro atoms. The zero-order chi connectivity index (χ0) is 12.5. The largest absolute Gasteiger partial charge is 0.465 e. The summed E-state index contributed by atoms with van der Waals surface area (Å²) in [5.74, 6) is 0. The minimum Gasteiger partial charge on any atom is -0.465 e. The van der Waals surface area contributed by atoms with E-state index in [4.69, 9.17) is 9.84 Å². The first kappa shape index (κ1) is 14.2. The second kappa shape index (κ2) is 8.24. The molecule has 7 heteroatoms. The third kappa shape index (κ3) is 7.11. The minimum absolute atomic E-state index is 0.251. The van der Waals surface area contributed by atoms with Crippen LogP contribution in [0.4, 0.5) is 4.79 Å². The second-order valence-electron chi connectivity index (χ2n) is 3.94. The lowest BCUT2D eigenvalue weighted by molar-refractivity contribution is 0.0354. The SMILES string of the molecule is O=C(O)NCCC(O)NCCN1CCOCC1. The van der Waals surface area contributed by atoms with Crippen LogP contribution in [0, 0.1) is 0 Å². The molecular weight excluding hydrogens is 226 g/mol. The van der Waals surface area contributed by atoms with E-state index >= 15 is 0 Å². The first-order valence-corrected chi connectivity index (χ1v) is 5.87. The molecule has 1 saturated heterocycles. The molecule has 1 unspecified atom stereocenters. The van der Waals surface area contributed by atoms with Gasteiger partial charge < -0.3 is 20.3 Å². The molecule has 1 amide bonds. The Morgan fingerprint density at radius 2 is 2.06 bits per heavy atom. The van der Waals surface area contributed by atoms with Crippen molar-refractivity contribution in [2.45, 2.75) is 12.6 Å². The normalized spacial score (nSPS) is 18.9. The van der Waals surface area contributed by atoms with Gasteiger partial charge in [-0.3, -0.25) is 10.2 Å². The van der Waals surface area contributed by atoms with E-state index in [1.54, 1.807) is 0 Å². The van der Waals surface area contributed by atoms with Crippen LogP contribution in [0.25, 0.3) is 0 Å². The molecule has 100 valence electrons. The molecule has 4 N–H and O–H groups in total. The fourth-order valence-electron chi connectivity index (χ4n) is 1.63. The van der Waals surface area contributed by atoms with E-state index in [0.717, 1.165) is 32.8 Å². The molecule has 7 nitrogen and oxygen atoms in total. The van der Waals surface area contributed by atoms with Gasteiger partial charge in [0.2, 0.25) is 0 Å². The molecule has 1 rings (SSSR count). The number of hydrogen-bond acceptors (Lipinski definition) is 5. The lowest BCUT2D eigenvalue weighted by Crippen LogP contribution is -2.42. The van der Waals surface area contributed by atoms with Crippen LogP contribution in [-0.2, 0) is 4.74 Å². The Morgan fingerprint density at radius 1 is 1.35 bits per heavy atom. The summed E-state index contributed by atoms with van der Waals surface area (Å²) in [7, 11) is 0. The van der Waals surface area contributed by atoms with Gasteiger partial charge in [0.1, 0.15) is 6.23 Å². The summed E-state index contributed by atoms with van der Waals surface area (Å²) in [6.45, 7) is 5.20. The van der Waals surface area contributed by atoms with Gasteiger partial charge in [0.25, 0.3) is 0 Å². The Bertz CT molecular complexity index is 222. The fourth-order valence-corrected chi connectivity index (χ4v) is 1.63. The molecule has 1 atom stereocenters. The van der Waals surface area contributed by atoms with Crippen LogP contribution in [0.1, 0.15) is 6.42 Å². The van der Waals surface area contributed by atoms with Crippen molar-refractivity contribution in [3.8, 4) is 0 Å². The molecule has 0 aromatic heterocycles. The van der Waals surface area contributed by atoms with Crippen molar-refractivity contribution in [1.29, 1.82) is 0 Å². The Hall–Kier alpha value is -0.890. The van der Waals surface area contributed by atoms with Crippen molar-refractivity contribution < 1.29 is 19.7 Å². The number of aliphatic hydroxyl groups excluding tert-OH is 1.